The van der Waals surface area contributed by atoms with Gasteiger partial charge >= 0.3 is 12.0 Å². The number of H-pyrrole nitrogens is 1. The molecule has 7 nitrogen and oxygen atoms in total. The van der Waals surface area contributed by atoms with E-state index in [0.29, 0.717) is 13.0 Å². The third kappa shape index (κ3) is 5.09. The van der Waals surface area contributed by atoms with E-state index < -0.39 is 11.4 Å². The second kappa shape index (κ2) is 7.66. The van der Waals surface area contributed by atoms with Crippen LogP contribution in [0.2, 0.25) is 0 Å². The van der Waals surface area contributed by atoms with Gasteiger partial charge in [-0.05, 0) is 38.7 Å². The largest absolute Gasteiger partial charge is 0.481 e. The second-order valence-corrected chi connectivity index (χ2v) is 5.45. The molecule has 0 fully saturated rings. The first-order valence-electron chi connectivity index (χ1n) is 7.13. The number of hydrogen-bond acceptors (Lipinski definition) is 3. The fourth-order valence-corrected chi connectivity index (χ4v) is 1.80. The first kappa shape index (κ1) is 17.0. The fraction of sp³-hybridized carbons (Fsp3) is 0.643. The number of nitrogens with one attached hydrogen (secondary N) is 3. The highest BCUT2D eigenvalue weighted by Crippen LogP contribution is 2.19. The molecular weight excluding hydrogens is 272 g/mol. The summed E-state index contributed by atoms with van der Waals surface area (Å²) in [4.78, 5) is 22.7. The Bertz CT molecular complexity index is 486. The molecule has 1 aromatic rings. The lowest BCUT2D eigenvalue weighted by Gasteiger charge is -2.23. The number of nitrogens with zero attached hydrogens (tertiary/aromatic N) is 1. The summed E-state index contributed by atoms with van der Waals surface area (Å²) in [5, 5.41) is 21.3. The zero-order valence-corrected chi connectivity index (χ0v) is 12.8. The summed E-state index contributed by atoms with van der Waals surface area (Å²) in [6.07, 6.45) is 3.89. The number of aryl methyl sites for hydroxylation is 2. The summed E-state index contributed by atoms with van der Waals surface area (Å²) in [6, 6.07) is -0.333. The Morgan fingerprint density at radius 1 is 1.43 bits per heavy atom. The van der Waals surface area contributed by atoms with Crippen LogP contribution in [-0.2, 0) is 11.2 Å². The molecule has 118 valence electrons. The van der Waals surface area contributed by atoms with Crippen LogP contribution >= 0.6 is 0 Å². The third-order valence-electron chi connectivity index (χ3n) is 3.78. The van der Waals surface area contributed by atoms with Gasteiger partial charge in [0.05, 0.1) is 11.6 Å². The maximum atomic E-state index is 11.6. The maximum absolute atomic E-state index is 11.6. The monoisotopic (exact) mass is 296 g/mol. The third-order valence-corrected chi connectivity index (χ3v) is 3.78. The Hall–Kier alpha value is -2.05. The van der Waals surface area contributed by atoms with E-state index in [1.54, 1.807) is 20.0 Å². The maximum Gasteiger partial charge on any atom is 0.314 e. The number of aliphatic carboxylic acids is 1. The Morgan fingerprint density at radius 3 is 2.67 bits per heavy atom. The molecular formula is C14H24N4O3. The SMILES string of the molecule is CCC(C)(CNC(=O)NCCCc1cn[nH]c1C)C(=O)O. The van der Waals surface area contributed by atoms with Crippen molar-refractivity contribution in [1.29, 1.82) is 0 Å². The van der Waals surface area contributed by atoms with E-state index in [0.717, 1.165) is 24.1 Å². The highest BCUT2D eigenvalue weighted by Gasteiger charge is 2.31. The van der Waals surface area contributed by atoms with Crippen molar-refractivity contribution < 1.29 is 14.7 Å². The normalized spacial score (nSPS) is 13.5. The summed E-state index contributed by atoms with van der Waals surface area (Å²) in [5.74, 6) is -0.902. The Morgan fingerprint density at radius 2 is 2.14 bits per heavy atom. The van der Waals surface area contributed by atoms with Crippen molar-refractivity contribution in [2.45, 2.75) is 40.0 Å². The molecule has 0 saturated carbocycles. The Balaban J connectivity index is 2.22. The first-order chi connectivity index (χ1) is 9.89. The van der Waals surface area contributed by atoms with Gasteiger partial charge in [-0.3, -0.25) is 9.89 Å². The van der Waals surface area contributed by atoms with Crippen LogP contribution in [0.25, 0.3) is 0 Å². The van der Waals surface area contributed by atoms with Gasteiger partial charge in [-0.1, -0.05) is 6.92 Å². The van der Waals surface area contributed by atoms with Crippen LogP contribution in [0.5, 0.6) is 0 Å². The summed E-state index contributed by atoms with van der Waals surface area (Å²) in [5.41, 5.74) is 1.26. The first-order valence-corrected chi connectivity index (χ1v) is 7.13. The molecule has 0 aliphatic heterocycles. The van der Waals surface area contributed by atoms with Gasteiger partial charge in [0.2, 0.25) is 0 Å². The van der Waals surface area contributed by atoms with E-state index in [9.17, 15) is 9.59 Å². The van der Waals surface area contributed by atoms with Gasteiger partial charge in [0.1, 0.15) is 0 Å². The number of aromatic amines is 1. The van der Waals surface area contributed by atoms with E-state index in [1.165, 1.54) is 0 Å². The summed E-state index contributed by atoms with van der Waals surface area (Å²) in [7, 11) is 0. The van der Waals surface area contributed by atoms with Crippen LogP contribution in [0.1, 0.15) is 37.9 Å². The fourth-order valence-electron chi connectivity index (χ4n) is 1.80. The number of carbonyl (C=O) groups excluding carboxylic acids is 1. The van der Waals surface area contributed by atoms with Crippen molar-refractivity contribution in [1.82, 2.24) is 20.8 Å². The van der Waals surface area contributed by atoms with Gasteiger partial charge in [0, 0.05) is 18.8 Å². The molecule has 1 heterocycles. The standard InChI is InChI=1S/C14H24N4O3/c1-4-14(3,12(19)20)9-16-13(21)15-7-5-6-11-8-17-18-10(11)2/h8H,4-7,9H2,1-3H3,(H,17,18)(H,19,20)(H2,15,16,21). The van der Waals surface area contributed by atoms with E-state index in [4.69, 9.17) is 5.11 Å². The lowest BCUT2D eigenvalue weighted by molar-refractivity contribution is -0.147. The van der Waals surface area contributed by atoms with Crippen molar-refractivity contribution in [3.63, 3.8) is 0 Å². The van der Waals surface area contributed by atoms with Crippen molar-refractivity contribution >= 4 is 12.0 Å². The molecule has 0 saturated heterocycles. The van der Waals surface area contributed by atoms with Crippen molar-refractivity contribution in [2.75, 3.05) is 13.1 Å². The summed E-state index contributed by atoms with van der Waals surface area (Å²) < 4.78 is 0. The molecule has 0 aliphatic carbocycles. The van der Waals surface area contributed by atoms with Gasteiger partial charge < -0.3 is 15.7 Å². The minimum absolute atomic E-state index is 0.117. The number of carboxylic acids is 1. The van der Waals surface area contributed by atoms with Crippen molar-refractivity contribution in [3.8, 4) is 0 Å². The van der Waals surface area contributed by atoms with E-state index in [-0.39, 0.29) is 12.6 Å². The average molecular weight is 296 g/mol. The molecule has 4 N–H and O–H groups in total. The lowest BCUT2D eigenvalue weighted by atomic mass is 9.88. The second-order valence-electron chi connectivity index (χ2n) is 5.45. The molecule has 0 aromatic carbocycles. The van der Waals surface area contributed by atoms with Crippen LogP contribution in [0.15, 0.2) is 6.20 Å². The smallest absolute Gasteiger partial charge is 0.314 e. The molecule has 7 heteroatoms. The molecule has 0 radical (unpaired) electrons. The predicted octanol–water partition coefficient (Wildman–Crippen LogP) is 1.45. The molecule has 0 aliphatic rings. The minimum atomic E-state index is -0.925. The van der Waals surface area contributed by atoms with Crippen LogP contribution in [0, 0.1) is 12.3 Å². The quantitative estimate of drug-likeness (QED) is 0.545. The number of aromatic nitrogens is 2. The van der Waals surface area contributed by atoms with Gasteiger partial charge in [-0.25, -0.2) is 4.79 Å². The molecule has 1 unspecified atom stereocenters. The molecule has 2 amide bonds. The van der Waals surface area contributed by atoms with Gasteiger partial charge in [0.15, 0.2) is 0 Å². The van der Waals surface area contributed by atoms with Crippen LogP contribution < -0.4 is 10.6 Å². The number of carbonyl (C=O) groups is 2. The van der Waals surface area contributed by atoms with Crippen LogP contribution in [-0.4, -0.2) is 40.4 Å². The summed E-state index contributed by atoms with van der Waals surface area (Å²) >= 11 is 0. The highest BCUT2D eigenvalue weighted by molar-refractivity contribution is 5.77. The van der Waals surface area contributed by atoms with Crippen molar-refractivity contribution in [2.24, 2.45) is 5.41 Å². The molecule has 1 rings (SSSR count). The van der Waals surface area contributed by atoms with Crippen LogP contribution in [0.3, 0.4) is 0 Å². The zero-order valence-electron chi connectivity index (χ0n) is 12.8. The van der Waals surface area contributed by atoms with Crippen LogP contribution in [0.4, 0.5) is 4.79 Å². The minimum Gasteiger partial charge on any atom is -0.481 e. The number of carboxylic acid groups (broad SMARTS) is 1. The number of hydrogen-bond donors (Lipinski definition) is 4. The molecule has 1 atom stereocenters. The van der Waals surface area contributed by atoms with Crippen molar-refractivity contribution in [3.05, 3.63) is 17.5 Å². The topological polar surface area (TPSA) is 107 Å². The number of rotatable bonds is 8. The predicted molar refractivity (Wildman–Crippen MR) is 79.1 cm³/mol. The molecule has 0 spiro atoms. The highest BCUT2D eigenvalue weighted by atomic mass is 16.4. The van der Waals surface area contributed by atoms with E-state index in [1.807, 2.05) is 6.92 Å². The summed E-state index contributed by atoms with van der Waals surface area (Å²) in [6.45, 7) is 6.02. The van der Waals surface area contributed by atoms with E-state index in [2.05, 4.69) is 20.8 Å². The van der Waals surface area contributed by atoms with E-state index >= 15 is 0 Å². The molecule has 21 heavy (non-hydrogen) atoms. The Labute approximate surface area is 124 Å². The Kier molecular flexibility index (Phi) is 6.20. The number of urea groups is 1. The number of amides is 2. The lowest BCUT2D eigenvalue weighted by Crippen LogP contribution is -2.44. The van der Waals surface area contributed by atoms with Gasteiger partial charge in [0.25, 0.3) is 0 Å². The molecule has 0 bridgehead atoms. The average Bonchev–Trinajstić information content (AvgIpc) is 2.86. The molecule has 1 aromatic heterocycles. The van der Waals surface area contributed by atoms with Gasteiger partial charge in [-0.15, -0.1) is 0 Å². The zero-order chi connectivity index (χ0) is 15.9. The van der Waals surface area contributed by atoms with Gasteiger partial charge in [-0.2, -0.15) is 5.10 Å².